The van der Waals surface area contributed by atoms with E-state index in [1.165, 1.54) is 334 Å². The zero-order valence-electron chi connectivity index (χ0n) is 55.4. The van der Waals surface area contributed by atoms with Gasteiger partial charge < -0.3 is 14.2 Å². The Bertz CT molecular complexity index is 1260. The minimum atomic E-state index is -0.769. The first-order chi connectivity index (χ1) is 40.0. The van der Waals surface area contributed by atoms with Gasteiger partial charge in [0.25, 0.3) is 0 Å². The molecule has 0 aromatic heterocycles. The minimum Gasteiger partial charge on any atom is -0.462 e. The highest BCUT2D eigenvalue weighted by atomic mass is 16.6. The van der Waals surface area contributed by atoms with E-state index < -0.39 is 6.10 Å². The van der Waals surface area contributed by atoms with Gasteiger partial charge in [0.1, 0.15) is 13.2 Å². The lowest BCUT2D eigenvalue weighted by Gasteiger charge is -2.18. The number of rotatable bonds is 70. The zero-order valence-corrected chi connectivity index (χ0v) is 55.4. The summed E-state index contributed by atoms with van der Waals surface area (Å²) in [6.45, 7) is 6.74. The van der Waals surface area contributed by atoms with Gasteiger partial charge in [-0.25, -0.2) is 0 Å². The Balaban J connectivity index is 4.20. The van der Waals surface area contributed by atoms with Gasteiger partial charge in [-0.05, 0) is 44.9 Å². The molecule has 1 atom stereocenters. The lowest BCUT2D eigenvalue weighted by molar-refractivity contribution is -0.167. The highest BCUT2D eigenvalue weighted by Crippen LogP contribution is 2.19. The van der Waals surface area contributed by atoms with Crippen LogP contribution in [0.25, 0.3) is 0 Å². The monoisotopic (exact) mass is 1140 g/mol. The Morgan fingerprint density at radius 1 is 0.235 bits per heavy atom. The van der Waals surface area contributed by atoms with Crippen molar-refractivity contribution in [3.05, 3.63) is 12.2 Å². The average molecular weight is 1140 g/mol. The molecule has 6 nitrogen and oxygen atoms in total. The first-order valence-corrected chi connectivity index (χ1v) is 37.2. The molecule has 0 rings (SSSR count). The second kappa shape index (κ2) is 70.6. The summed E-state index contributed by atoms with van der Waals surface area (Å²) in [6, 6.07) is 0. The van der Waals surface area contributed by atoms with Crippen LogP contribution in [0.15, 0.2) is 12.2 Å². The summed E-state index contributed by atoms with van der Waals surface area (Å²) < 4.78 is 17.0. The van der Waals surface area contributed by atoms with E-state index in [1.807, 2.05) is 0 Å². The van der Waals surface area contributed by atoms with Crippen molar-refractivity contribution in [1.29, 1.82) is 0 Å². The Kier molecular flexibility index (Phi) is 69.0. The molecule has 0 heterocycles. The average Bonchev–Trinajstić information content (AvgIpc) is 3.47. The number of allylic oxidation sites excluding steroid dienone is 2. The molecule has 0 N–H and O–H groups in total. The Labute approximate surface area is 507 Å². The van der Waals surface area contributed by atoms with Crippen molar-refractivity contribution in [3.8, 4) is 0 Å². The van der Waals surface area contributed by atoms with Crippen molar-refractivity contribution in [2.45, 2.75) is 438 Å². The third kappa shape index (κ3) is 68.8. The maximum absolute atomic E-state index is 13.0. The largest absolute Gasteiger partial charge is 0.462 e. The molecule has 0 saturated heterocycles. The van der Waals surface area contributed by atoms with Crippen molar-refractivity contribution < 1.29 is 28.6 Å². The Morgan fingerprint density at radius 2 is 0.407 bits per heavy atom. The summed E-state index contributed by atoms with van der Waals surface area (Å²) in [5, 5.41) is 0. The van der Waals surface area contributed by atoms with Gasteiger partial charge in [0.15, 0.2) is 6.10 Å². The maximum atomic E-state index is 13.0. The molecule has 0 saturated carbocycles. The smallest absolute Gasteiger partial charge is 0.306 e. The summed E-state index contributed by atoms with van der Waals surface area (Å²) >= 11 is 0. The lowest BCUT2D eigenvalue weighted by atomic mass is 10.0. The molecule has 0 fully saturated rings. The van der Waals surface area contributed by atoms with Crippen LogP contribution < -0.4 is 0 Å². The van der Waals surface area contributed by atoms with E-state index in [4.69, 9.17) is 14.2 Å². The van der Waals surface area contributed by atoms with Crippen molar-refractivity contribution in [2.24, 2.45) is 0 Å². The van der Waals surface area contributed by atoms with Crippen LogP contribution in [-0.2, 0) is 28.6 Å². The van der Waals surface area contributed by atoms with Gasteiger partial charge in [0.2, 0.25) is 0 Å². The van der Waals surface area contributed by atoms with Gasteiger partial charge >= 0.3 is 17.9 Å². The number of carbonyl (C=O) groups is 3. The Morgan fingerprint density at radius 3 is 0.617 bits per heavy atom. The van der Waals surface area contributed by atoms with E-state index in [0.29, 0.717) is 19.3 Å². The van der Waals surface area contributed by atoms with Crippen molar-refractivity contribution in [3.63, 3.8) is 0 Å². The summed E-state index contributed by atoms with van der Waals surface area (Å²) in [4.78, 5) is 38.5. The molecule has 0 spiro atoms. The zero-order chi connectivity index (χ0) is 58.5. The number of carbonyl (C=O) groups excluding carboxylic acids is 3. The fourth-order valence-electron chi connectivity index (χ4n) is 11.7. The highest BCUT2D eigenvalue weighted by molar-refractivity contribution is 5.71. The van der Waals surface area contributed by atoms with Gasteiger partial charge in [-0.3, -0.25) is 14.4 Å². The van der Waals surface area contributed by atoms with Gasteiger partial charge in [0.05, 0.1) is 0 Å². The minimum absolute atomic E-state index is 0.0647. The third-order valence-corrected chi connectivity index (χ3v) is 17.3. The quantitative estimate of drug-likeness (QED) is 0.0261. The van der Waals surface area contributed by atoms with Crippen LogP contribution in [0.5, 0.6) is 0 Å². The molecule has 0 aromatic carbocycles. The molecular formula is C75H144O6. The van der Waals surface area contributed by atoms with Crippen LogP contribution in [0.3, 0.4) is 0 Å². The first-order valence-electron chi connectivity index (χ1n) is 37.2. The van der Waals surface area contributed by atoms with Gasteiger partial charge in [0, 0.05) is 19.3 Å². The van der Waals surface area contributed by atoms with Crippen molar-refractivity contribution >= 4 is 17.9 Å². The van der Waals surface area contributed by atoms with Gasteiger partial charge in [-0.15, -0.1) is 0 Å². The standard InChI is InChI=1S/C75H144O6/c1-4-7-10-13-16-19-22-25-28-31-33-34-35-36-37-38-39-40-41-42-45-47-50-53-56-59-62-65-68-74(77)80-71-72(70-79-73(76)67-64-61-58-55-52-49-46-43-30-27-24-21-18-15-12-9-6-3)81-75(78)69-66-63-60-57-54-51-48-44-32-29-26-23-20-17-14-11-8-5-2/h29,32,72H,4-28,30-31,33-71H2,1-3H3/b32-29-. The summed E-state index contributed by atoms with van der Waals surface area (Å²) in [5.41, 5.74) is 0. The fourth-order valence-corrected chi connectivity index (χ4v) is 11.7. The van der Waals surface area contributed by atoms with Gasteiger partial charge in [-0.1, -0.05) is 380 Å². The molecule has 0 amide bonds. The normalized spacial score (nSPS) is 12.0. The van der Waals surface area contributed by atoms with Crippen LogP contribution in [0, 0.1) is 0 Å². The first kappa shape index (κ1) is 79.2. The maximum Gasteiger partial charge on any atom is 0.306 e. The molecule has 0 aliphatic rings. The summed E-state index contributed by atoms with van der Waals surface area (Å²) in [5.74, 6) is -0.830. The molecule has 1 unspecified atom stereocenters. The van der Waals surface area contributed by atoms with Crippen LogP contribution in [-0.4, -0.2) is 37.2 Å². The van der Waals surface area contributed by atoms with Crippen molar-refractivity contribution in [2.75, 3.05) is 13.2 Å². The second-order valence-corrected chi connectivity index (χ2v) is 25.6. The molecule has 6 heteroatoms. The second-order valence-electron chi connectivity index (χ2n) is 25.6. The number of hydrogen-bond acceptors (Lipinski definition) is 6. The number of unbranched alkanes of at least 4 members (excludes halogenated alkanes) is 57. The van der Waals surface area contributed by atoms with E-state index >= 15 is 0 Å². The molecule has 0 aromatic rings. The topological polar surface area (TPSA) is 78.9 Å². The third-order valence-electron chi connectivity index (χ3n) is 17.3. The van der Waals surface area contributed by atoms with E-state index in [0.717, 1.165) is 57.8 Å². The number of esters is 3. The van der Waals surface area contributed by atoms with Crippen molar-refractivity contribution in [1.82, 2.24) is 0 Å². The molecule has 0 aliphatic carbocycles. The Hall–Kier alpha value is -1.85. The van der Waals surface area contributed by atoms with E-state index in [1.54, 1.807) is 0 Å². The summed E-state index contributed by atoms with van der Waals surface area (Å²) in [6.07, 6.45) is 85.4. The number of ether oxygens (including phenoxy) is 3. The van der Waals surface area contributed by atoms with E-state index in [9.17, 15) is 14.4 Å². The molecule has 81 heavy (non-hydrogen) atoms. The van der Waals surface area contributed by atoms with E-state index in [-0.39, 0.29) is 31.1 Å². The molecule has 0 radical (unpaired) electrons. The van der Waals surface area contributed by atoms with E-state index in [2.05, 4.69) is 32.9 Å². The highest BCUT2D eigenvalue weighted by Gasteiger charge is 2.20. The molecule has 480 valence electrons. The predicted molar refractivity (Wildman–Crippen MR) is 353 cm³/mol. The van der Waals surface area contributed by atoms with Crippen LogP contribution in [0.4, 0.5) is 0 Å². The molecular weight excluding hydrogens is 997 g/mol. The fraction of sp³-hybridized carbons (Fsp3) is 0.933. The van der Waals surface area contributed by atoms with Gasteiger partial charge in [-0.2, -0.15) is 0 Å². The van der Waals surface area contributed by atoms with Crippen LogP contribution in [0.1, 0.15) is 432 Å². The molecule has 0 aliphatic heterocycles. The molecule has 0 bridgehead atoms. The van der Waals surface area contributed by atoms with Crippen LogP contribution in [0.2, 0.25) is 0 Å². The summed E-state index contributed by atoms with van der Waals surface area (Å²) in [7, 11) is 0. The van der Waals surface area contributed by atoms with Crippen LogP contribution >= 0.6 is 0 Å². The lowest BCUT2D eigenvalue weighted by Crippen LogP contribution is -2.30. The predicted octanol–water partition coefficient (Wildman–Crippen LogP) is 25.6. The SMILES string of the molecule is CCCCCCCCC/C=C\CCCCCCCCCC(=O)OC(COC(=O)CCCCCCCCCCCCCCCCCCC)COC(=O)CCCCCCCCCCCCCCCCCCCCCCCCCCCCCC. The number of hydrogen-bond donors (Lipinski definition) is 0.